The van der Waals surface area contributed by atoms with Crippen molar-refractivity contribution < 1.29 is 14.3 Å². The number of carbonyl (C=O) groups excluding carboxylic acids is 2. The van der Waals surface area contributed by atoms with Gasteiger partial charge in [-0.25, -0.2) is 0 Å². The van der Waals surface area contributed by atoms with Crippen molar-refractivity contribution >= 4 is 17.6 Å². The molecule has 0 radical (unpaired) electrons. The molecule has 18 heavy (non-hydrogen) atoms. The Labute approximate surface area is 107 Å². The molecular formula is C13H18N2O3. The molecule has 0 heterocycles. The van der Waals surface area contributed by atoms with Gasteiger partial charge in [-0.3, -0.25) is 9.59 Å². The van der Waals surface area contributed by atoms with Gasteiger partial charge in [0.05, 0.1) is 12.2 Å². The lowest BCUT2D eigenvalue weighted by Gasteiger charge is -2.17. The molecule has 0 fully saturated rings. The van der Waals surface area contributed by atoms with E-state index in [0.29, 0.717) is 17.9 Å². The second-order valence-electron chi connectivity index (χ2n) is 4.00. The number of ether oxygens (including phenoxy) is 1. The lowest BCUT2D eigenvalue weighted by atomic mass is 10.1. The first-order chi connectivity index (χ1) is 8.47. The highest BCUT2D eigenvalue weighted by Gasteiger charge is 2.18. The number of anilines is 1. The smallest absolute Gasteiger partial charge is 0.325 e. The standard InChI is InChI=1S/C13H18N2O3/c1-4-18-11(16)8-15(3)13(17)10-7-5-6-9(2)12(10)14/h5-7H,4,8,14H2,1-3H3. The lowest BCUT2D eigenvalue weighted by Crippen LogP contribution is -2.33. The fraction of sp³-hybridized carbons (Fsp3) is 0.385. The molecule has 0 aliphatic heterocycles. The van der Waals surface area contributed by atoms with Crippen LogP contribution in [0.4, 0.5) is 5.69 Å². The number of nitrogens with zero attached hydrogens (tertiary/aromatic N) is 1. The number of hydrogen-bond acceptors (Lipinski definition) is 4. The van der Waals surface area contributed by atoms with Crippen LogP contribution < -0.4 is 5.73 Å². The maximum Gasteiger partial charge on any atom is 0.325 e. The van der Waals surface area contributed by atoms with Crippen LogP contribution in [0.1, 0.15) is 22.8 Å². The minimum Gasteiger partial charge on any atom is -0.465 e. The van der Waals surface area contributed by atoms with E-state index >= 15 is 0 Å². The van der Waals surface area contributed by atoms with Gasteiger partial charge in [0, 0.05) is 12.7 Å². The van der Waals surface area contributed by atoms with Crippen LogP contribution >= 0.6 is 0 Å². The van der Waals surface area contributed by atoms with Gasteiger partial charge in [0.2, 0.25) is 0 Å². The number of benzene rings is 1. The van der Waals surface area contributed by atoms with E-state index in [0.717, 1.165) is 5.56 Å². The minimum absolute atomic E-state index is 0.0833. The predicted molar refractivity (Wildman–Crippen MR) is 69.2 cm³/mol. The molecule has 1 rings (SSSR count). The summed E-state index contributed by atoms with van der Waals surface area (Å²) in [7, 11) is 1.54. The number of rotatable bonds is 4. The molecule has 0 aliphatic carbocycles. The van der Waals surface area contributed by atoms with E-state index in [4.69, 9.17) is 10.5 Å². The van der Waals surface area contributed by atoms with Crippen LogP contribution in [0.3, 0.4) is 0 Å². The summed E-state index contributed by atoms with van der Waals surface area (Å²) < 4.78 is 4.79. The minimum atomic E-state index is -0.431. The first-order valence-electron chi connectivity index (χ1n) is 5.73. The molecule has 0 atom stereocenters. The largest absolute Gasteiger partial charge is 0.465 e. The summed E-state index contributed by atoms with van der Waals surface area (Å²) >= 11 is 0. The third-order valence-corrected chi connectivity index (χ3v) is 2.57. The monoisotopic (exact) mass is 250 g/mol. The molecule has 1 aromatic carbocycles. The molecule has 0 saturated carbocycles. The molecule has 98 valence electrons. The molecule has 0 bridgehead atoms. The number of likely N-dealkylation sites (N-methyl/N-ethyl adjacent to an activating group) is 1. The number of nitrogen functional groups attached to an aromatic ring is 1. The van der Waals surface area contributed by atoms with Crippen molar-refractivity contribution in [3.8, 4) is 0 Å². The SMILES string of the molecule is CCOC(=O)CN(C)C(=O)c1cccc(C)c1N. The second kappa shape index (κ2) is 6.05. The molecule has 5 heteroatoms. The van der Waals surface area contributed by atoms with Crippen LogP contribution in [0.15, 0.2) is 18.2 Å². The van der Waals surface area contributed by atoms with Gasteiger partial charge >= 0.3 is 5.97 Å². The lowest BCUT2D eigenvalue weighted by molar-refractivity contribution is -0.143. The maximum atomic E-state index is 12.1. The summed E-state index contributed by atoms with van der Waals surface area (Å²) in [5, 5.41) is 0. The molecular weight excluding hydrogens is 232 g/mol. The quantitative estimate of drug-likeness (QED) is 0.644. The van der Waals surface area contributed by atoms with Gasteiger partial charge in [0.1, 0.15) is 6.54 Å². The summed E-state index contributed by atoms with van der Waals surface area (Å²) in [5.74, 6) is -0.719. The van der Waals surface area contributed by atoms with Crippen molar-refractivity contribution in [2.75, 3.05) is 25.9 Å². The average molecular weight is 250 g/mol. The van der Waals surface area contributed by atoms with E-state index in [2.05, 4.69) is 0 Å². The third kappa shape index (κ3) is 3.23. The highest BCUT2D eigenvalue weighted by Crippen LogP contribution is 2.17. The molecule has 0 aliphatic rings. The molecule has 0 saturated heterocycles. The zero-order valence-electron chi connectivity index (χ0n) is 10.9. The summed E-state index contributed by atoms with van der Waals surface area (Å²) in [5.41, 5.74) is 7.53. The van der Waals surface area contributed by atoms with Crippen molar-refractivity contribution in [1.29, 1.82) is 0 Å². The van der Waals surface area contributed by atoms with E-state index < -0.39 is 5.97 Å². The maximum absolute atomic E-state index is 12.1. The van der Waals surface area contributed by atoms with Crippen molar-refractivity contribution in [3.05, 3.63) is 29.3 Å². The normalized spacial score (nSPS) is 9.94. The number of amides is 1. The second-order valence-corrected chi connectivity index (χ2v) is 4.00. The van der Waals surface area contributed by atoms with Gasteiger partial charge in [-0.1, -0.05) is 12.1 Å². The molecule has 5 nitrogen and oxygen atoms in total. The fourth-order valence-corrected chi connectivity index (χ4v) is 1.54. The van der Waals surface area contributed by atoms with Crippen LogP contribution in [0.2, 0.25) is 0 Å². The highest BCUT2D eigenvalue weighted by molar-refractivity contribution is 6.00. The first-order valence-corrected chi connectivity index (χ1v) is 5.73. The Kier molecular flexibility index (Phi) is 4.71. The van der Waals surface area contributed by atoms with Gasteiger partial charge in [-0.05, 0) is 25.5 Å². The van der Waals surface area contributed by atoms with Crippen molar-refractivity contribution in [2.24, 2.45) is 0 Å². The van der Waals surface area contributed by atoms with Gasteiger partial charge in [0.25, 0.3) is 5.91 Å². The number of aryl methyl sites for hydroxylation is 1. The van der Waals surface area contributed by atoms with E-state index in [1.54, 1.807) is 26.1 Å². The number of nitrogens with two attached hydrogens (primary N) is 1. The van der Waals surface area contributed by atoms with Gasteiger partial charge in [-0.2, -0.15) is 0 Å². The average Bonchev–Trinajstić information content (AvgIpc) is 2.32. The Morgan fingerprint density at radius 1 is 1.39 bits per heavy atom. The molecule has 1 amide bonds. The van der Waals surface area contributed by atoms with Crippen molar-refractivity contribution in [1.82, 2.24) is 4.90 Å². The number of esters is 1. The van der Waals surface area contributed by atoms with Crippen LogP contribution in [-0.4, -0.2) is 37.0 Å². The zero-order chi connectivity index (χ0) is 13.7. The van der Waals surface area contributed by atoms with E-state index in [9.17, 15) is 9.59 Å². The summed E-state index contributed by atoms with van der Waals surface area (Å²) in [6.07, 6.45) is 0. The summed E-state index contributed by atoms with van der Waals surface area (Å²) in [4.78, 5) is 24.7. The Hall–Kier alpha value is -2.04. The van der Waals surface area contributed by atoms with Gasteiger partial charge < -0.3 is 15.4 Å². The third-order valence-electron chi connectivity index (χ3n) is 2.57. The Bertz CT molecular complexity index is 458. The number of carbonyl (C=O) groups is 2. The topological polar surface area (TPSA) is 72.6 Å². The van der Waals surface area contributed by atoms with Crippen LogP contribution in [-0.2, 0) is 9.53 Å². The Balaban J connectivity index is 2.81. The van der Waals surface area contributed by atoms with E-state index in [1.807, 2.05) is 13.0 Å². The fourth-order valence-electron chi connectivity index (χ4n) is 1.54. The summed E-state index contributed by atoms with van der Waals surface area (Å²) in [6.45, 7) is 3.77. The van der Waals surface area contributed by atoms with E-state index in [-0.39, 0.29) is 12.5 Å². The Morgan fingerprint density at radius 2 is 2.06 bits per heavy atom. The van der Waals surface area contributed by atoms with Crippen LogP contribution in [0.5, 0.6) is 0 Å². The molecule has 2 N–H and O–H groups in total. The molecule has 0 aromatic heterocycles. The first kappa shape index (κ1) is 14.0. The van der Waals surface area contributed by atoms with Gasteiger partial charge in [-0.15, -0.1) is 0 Å². The van der Waals surface area contributed by atoms with Crippen molar-refractivity contribution in [3.63, 3.8) is 0 Å². The highest BCUT2D eigenvalue weighted by atomic mass is 16.5. The predicted octanol–water partition coefficient (Wildman–Crippen LogP) is 1.21. The number of hydrogen-bond donors (Lipinski definition) is 1. The summed E-state index contributed by atoms with van der Waals surface area (Å²) in [6, 6.07) is 5.24. The Morgan fingerprint density at radius 3 is 2.67 bits per heavy atom. The zero-order valence-corrected chi connectivity index (χ0v) is 10.9. The van der Waals surface area contributed by atoms with E-state index in [1.165, 1.54) is 4.90 Å². The molecule has 1 aromatic rings. The van der Waals surface area contributed by atoms with Crippen LogP contribution in [0, 0.1) is 6.92 Å². The molecule has 0 unspecified atom stereocenters. The van der Waals surface area contributed by atoms with Gasteiger partial charge in [0.15, 0.2) is 0 Å². The van der Waals surface area contributed by atoms with Crippen molar-refractivity contribution in [2.45, 2.75) is 13.8 Å². The molecule has 0 spiro atoms. The van der Waals surface area contributed by atoms with Crippen LogP contribution in [0.25, 0.3) is 0 Å². The number of para-hydroxylation sites is 1.